The molecule has 0 unspecified atom stereocenters. The molecule has 0 fully saturated rings. The van der Waals surface area contributed by atoms with Crippen molar-refractivity contribution in [3.63, 3.8) is 0 Å². The fourth-order valence-electron chi connectivity index (χ4n) is 3.53. The van der Waals surface area contributed by atoms with E-state index in [1.54, 1.807) is 16.1 Å². The molecule has 3 heterocycles. The number of H-pyrrole nitrogens is 1. The van der Waals surface area contributed by atoms with Crippen LogP contribution in [0.15, 0.2) is 44.4 Å². The lowest BCUT2D eigenvalue weighted by atomic mass is 10.1. The van der Waals surface area contributed by atoms with E-state index in [0.717, 1.165) is 15.7 Å². The fraction of sp³-hybridized carbons (Fsp3) is 0.250. The maximum atomic E-state index is 12.9. The number of nitrogens with one attached hydrogen (secondary N) is 1. The van der Waals surface area contributed by atoms with Crippen molar-refractivity contribution >= 4 is 48.6 Å². The normalized spacial score (nSPS) is 15.1. The summed E-state index contributed by atoms with van der Waals surface area (Å²) in [5, 5.41) is 0.610. The van der Waals surface area contributed by atoms with Gasteiger partial charge >= 0.3 is 0 Å². The molecule has 0 spiro atoms. The van der Waals surface area contributed by atoms with Gasteiger partial charge in [0.05, 0.1) is 15.6 Å². The lowest BCUT2D eigenvalue weighted by Gasteiger charge is -2.17. The summed E-state index contributed by atoms with van der Waals surface area (Å²) in [4.78, 5) is 35.4. The van der Waals surface area contributed by atoms with E-state index in [2.05, 4.69) is 30.8 Å². The van der Waals surface area contributed by atoms with E-state index in [1.807, 2.05) is 25.2 Å². The molecule has 0 aliphatic carbocycles. The average Bonchev–Trinajstić information content (AvgIpc) is 3.01. The summed E-state index contributed by atoms with van der Waals surface area (Å²) in [5.41, 5.74) is 1.80. The third-order valence-electron chi connectivity index (χ3n) is 5.07. The van der Waals surface area contributed by atoms with E-state index in [4.69, 9.17) is 4.74 Å². The van der Waals surface area contributed by atoms with E-state index >= 15 is 0 Å². The van der Waals surface area contributed by atoms with E-state index in [1.165, 1.54) is 11.5 Å². The molecule has 0 amide bonds. The number of aromatic nitrogens is 3. The quantitative estimate of drug-likeness (QED) is 0.425. The third kappa shape index (κ3) is 3.19. The van der Waals surface area contributed by atoms with E-state index < -0.39 is 0 Å². The first-order chi connectivity index (χ1) is 14.0. The molecule has 4 aromatic rings. The first kappa shape index (κ1) is 18.5. The summed E-state index contributed by atoms with van der Waals surface area (Å²) in [7, 11) is 2.01. The first-order valence-corrected chi connectivity index (χ1v) is 10.8. The molecule has 2 aromatic heterocycles. The van der Waals surface area contributed by atoms with Gasteiger partial charge in [-0.1, -0.05) is 39.6 Å². The highest BCUT2D eigenvalue weighted by molar-refractivity contribution is 9.10. The van der Waals surface area contributed by atoms with Gasteiger partial charge < -0.3 is 14.6 Å². The minimum absolute atomic E-state index is 0.0341. The second-order valence-electron chi connectivity index (χ2n) is 7.05. The Morgan fingerprint density at radius 3 is 2.93 bits per heavy atom. The van der Waals surface area contributed by atoms with Crippen LogP contribution in [0.4, 0.5) is 0 Å². The highest BCUT2D eigenvalue weighted by Gasteiger charge is 2.18. The minimum atomic E-state index is -0.298. The van der Waals surface area contributed by atoms with Crippen LogP contribution in [-0.4, -0.2) is 45.6 Å². The van der Waals surface area contributed by atoms with Gasteiger partial charge in [0.1, 0.15) is 23.6 Å². The molecule has 29 heavy (non-hydrogen) atoms. The Hall–Kier alpha value is -2.49. The molecule has 0 saturated carbocycles. The number of halogens is 1. The van der Waals surface area contributed by atoms with Crippen molar-refractivity contribution in [1.29, 1.82) is 0 Å². The molecule has 0 radical (unpaired) electrons. The van der Waals surface area contributed by atoms with Gasteiger partial charge in [-0.2, -0.15) is 0 Å². The van der Waals surface area contributed by atoms with E-state index in [0.29, 0.717) is 47.4 Å². The van der Waals surface area contributed by atoms with Crippen molar-refractivity contribution in [2.24, 2.45) is 0 Å². The van der Waals surface area contributed by atoms with Gasteiger partial charge in [-0.05, 0) is 25.2 Å². The lowest BCUT2D eigenvalue weighted by Crippen LogP contribution is -2.29. The Morgan fingerprint density at radius 2 is 2.07 bits per heavy atom. The predicted octanol–water partition coefficient (Wildman–Crippen LogP) is 3.05. The van der Waals surface area contributed by atoms with Crippen molar-refractivity contribution in [3.05, 3.63) is 55.5 Å². The van der Waals surface area contributed by atoms with Crippen LogP contribution in [0.3, 0.4) is 0 Å². The average molecular weight is 473 g/mol. The molecular weight excluding hydrogens is 456 g/mol. The Labute approximate surface area is 177 Å². The third-order valence-corrected chi connectivity index (χ3v) is 6.72. The van der Waals surface area contributed by atoms with Crippen molar-refractivity contribution in [1.82, 2.24) is 18.8 Å². The smallest absolute Gasteiger partial charge is 0.275 e. The van der Waals surface area contributed by atoms with Crippen LogP contribution in [0.5, 0.6) is 5.75 Å². The molecule has 148 valence electrons. The predicted molar refractivity (Wildman–Crippen MR) is 118 cm³/mol. The number of hydrogen-bond donors (Lipinski definition) is 1. The van der Waals surface area contributed by atoms with Crippen LogP contribution < -0.4 is 15.9 Å². The Balaban J connectivity index is 1.85. The van der Waals surface area contributed by atoms with Gasteiger partial charge in [0.2, 0.25) is 0 Å². The van der Waals surface area contributed by atoms with Gasteiger partial charge in [0.25, 0.3) is 11.1 Å². The van der Waals surface area contributed by atoms with Crippen molar-refractivity contribution in [3.8, 4) is 17.0 Å². The number of ether oxygens (including phenoxy) is 1. The number of likely N-dealkylation sites (N-methyl/N-ethyl adjacent to an activating group) is 1. The Morgan fingerprint density at radius 1 is 1.21 bits per heavy atom. The van der Waals surface area contributed by atoms with Gasteiger partial charge in [-0.3, -0.25) is 13.5 Å². The highest BCUT2D eigenvalue weighted by atomic mass is 79.9. The van der Waals surface area contributed by atoms with Crippen LogP contribution in [-0.2, 0) is 6.54 Å². The summed E-state index contributed by atoms with van der Waals surface area (Å²) < 4.78 is 9.34. The molecule has 0 atom stereocenters. The van der Waals surface area contributed by atoms with Crippen LogP contribution in [0.25, 0.3) is 32.4 Å². The van der Waals surface area contributed by atoms with Crippen LogP contribution >= 0.6 is 27.5 Å². The molecule has 1 aliphatic rings. The van der Waals surface area contributed by atoms with Gasteiger partial charge in [0, 0.05) is 29.7 Å². The number of rotatable bonds is 0. The fourth-order valence-corrected chi connectivity index (χ4v) is 5.06. The van der Waals surface area contributed by atoms with Crippen LogP contribution in [0.1, 0.15) is 0 Å². The molecule has 2 aromatic carbocycles. The van der Waals surface area contributed by atoms with Gasteiger partial charge in [-0.25, -0.2) is 4.98 Å². The van der Waals surface area contributed by atoms with Crippen molar-refractivity contribution in [2.75, 3.05) is 26.7 Å². The number of nitrogens with zero attached hydrogens (tertiary/aromatic N) is 3. The molecule has 9 heteroatoms. The number of benzene rings is 2. The summed E-state index contributed by atoms with van der Waals surface area (Å²) in [6.45, 7) is 2.48. The Kier molecular flexibility index (Phi) is 4.53. The van der Waals surface area contributed by atoms with Crippen LogP contribution in [0, 0.1) is 0 Å². The number of aromatic amines is 1. The molecule has 1 aliphatic heterocycles. The van der Waals surface area contributed by atoms with E-state index in [9.17, 15) is 9.59 Å². The van der Waals surface area contributed by atoms with Gasteiger partial charge in [0.15, 0.2) is 0 Å². The standard InChI is InChI=1S/C20H17BrN4O3S/c1-24-5-6-25-20(27)13-4-2-3-12(18(13)29-25)16-19(26)22-14-9-11(21)10-15(17(14)23-16)28-8-7-24/h2-4,9-10H,5-8H2,1H3,(H,22,26). The topological polar surface area (TPSA) is 80.2 Å². The van der Waals surface area contributed by atoms with Crippen molar-refractivity contribution < 1.29 is 4.74 Å². The summed E-state index contributed by atoms with van der Waals surface area (Å²) in [6.07, 6.45) is 0. The largest absolute Gasteiger partial charge is 0.490 e. The van der Waals surface area contributed by atoms with Gasteiger partial charge in [-0.15, -0.1) is 0 Å². The maximum absolute atomic E-state index is 12.9. The van der Waals surface area contributed by atoms with E-state index in [-0.39, 0.29) is 16.8 Å². The molecule has 7 nitrogen and oxygen atoms in total. The summed E-state index contributed by atoms with van der Waals surface area (Å²) >= 11 is 4.86. The van der Waals surface area contributed by atoms with Crippen LogP contribution in [0.2, 0.25) is 0 Å². The zero-order valence-corrected chi connectivity index (χ0v) is 18.0. The molecular formula is C20H17BrN4O3S. The number of fused-ring (bicyclic) bond motifs is 3. The molecule has 0 saturated heterocycles. The summed E-state index contributed by atoms with van der Waals surface area (Å²) in [5.74, 6) is 0.607. The zero-order valence-electron chi connectivity index (χ0n) is 15.6. The minimum Gasteiger partial charge on any atom is -0.490 e. The molecule has 1 N–H and O–H groups in total. The monoisotopic (exact) mass is 472 g/mol. The second kappa shape index (κ2) is 7.08. The second-order valence-corrected chi connectivity index (χ2v) is 8.99. The zero-order chi connectivity index (χ0) is 20.1. The first-order valence-electron chi connectivity index (χ1n) is 9.19. The maximum Gasteiger partial charge on any atom is 0.275 e. The Bertz CT molecular complexity index is 1370. The van der Waals surface area contributed by atoms with Crippen molar-refractivity contribution in [2.45, 2.75) is 6.54 Å². The molecule has 4 bridgehead atoms. The molecule has 5 rings (SSSR count). The number of hydrogen-bond acceptors (Lipinski definition) is 6. The lowest BCUT2D eigenvalue weighted by molar-refractivity contribution is 0.234. The summed E-state index contributed by atoms with van der Waals surface area (Å²) in [6, 6.07) is 9.11. The highest BCUT2D eigenvalue weighted by Crippen LogP contribution is 2.32. The SMILES string of the molecule is CN1CCOc2cc(Br)cc3[nH]c(=O)c(nc23)-c2cccc3c(=O)n(sc23)CC1.